The third-order valence-electron chi connectivity index (χ3n) is 2.59. The molecule has 6 nitrogen and oxygen atoms in total. The van der Waals surface area contributed by atoms with Crippen molar-refractivity contribution in [2.75, 3.05) is 0 Å². The van der Waals surface area contributed by atoms with Crippen molar-refractivity contribution >= 4 is 17.7 Å². The van der Waals surface area contributed by atoms with Crippen LogP contribution in [0.5, 0.6) is 5.75 Å². The Morgan fingerprint density at radius 2 is 1.83 bits per heavy atom. The van der Waals surface area contributed by atoms with Crippen LogP contribution >= 0.6 is 0 Å². The highest BCUT2D eigenvalue weighted by molar-refractivity contribution is 6.12. The first kappa shape index (κ1) is 11.8. The second-order valence-electron chi connectivity index (χ2n) is 3.80. The Labute approximate surface area is 102 Å². The van der Waals surface area contributed by atoms with E-state index in [0.717, 1.165) is 17.1 Å². The van der Waals surface area contributed by atoms with E-state index in [0.29, 0.717) is 5.56 Å². The van der Waals surface area contributed by atoms with Crippen molar-refractivity contribution in [2.24, 2.45) is 5.73 Å². The molecule has 0 aromatic heterocycles. The average Bonchev–Trinajstić information content (AvgIpc) is 2.62. The lowest BCUT2D eigenvalue weighted by molar-refractivity contribution is -0.137. The fourth-order valence-corrected chi connectivity index (χ4v) is 1.69. The molecule has 0 saturated carbocycles. The number of hydrogen-bond donors (Lipinski definition) is 2. The van der Waals surface area contributed by atoms with Gasteiger partial charge in [0.15, 0.2) is 0 Å². The second-order valence-corrected chi connectivity index (χ2v) is 3.80. The van der Waals surface area contributed by atoms with Gasteiger partial charge in [0.05, 0.1) is 6.54 Å². The maximum atomic E-state index is 11.4. The van der Waals surface area contributed by atoms with Gasteiger partial charge in [-0.2, -0.15) is 0 Å². The summed E-state index contributed by atoms with van der Waals surface area (Å²) in [5.74, 6) is -1.72. The van der Waals surface area contributed by atoms with E-state index < -0.39 is 17.7 Å². The lowest BCUT2D eigenvalue weighted by Crippen LogP contribution is -2.30. The number of primary amides is 1. The van der Waals surface area contributed by atoms with Crippen LogP contribution in [-0.2, 0) is 16.1 Å². The van der Waals surface area contributed by atoms with Crippen LogP contribution in [0.1, 0.15) is 15.9 Å². The fourth-order valence-electron chi connectivity index (χ4n) is 1.69. The van der Waals surface area contributed by atoms with Crippen molar-refractivity contribution in [3.8, 4) is 5.75 Å². The predicted molar refractivity (Wildman–Crippen MR) is 61.3 cm³/mol. The highest BCUT2D eigenvalue weighted by Gasteiger charge is 2.24. The van der Waals surface area contributed by atoms with Gasteiger partial charge in [-0.3, -0.25) is 19.3 Å². The molecule has 1 aromatic carbocycles. The molecule has 3 amide bonds. The van der Waals surface area contributed by atoms with Crippen LogP contribution in [0.3, 0.4) is 0 Å². The number of imide groups is 1. The first-order valence-corrected chi connectivity index (χ1v) is 5.14. The van der Waals surface area contributed by atoms with Gasteiger partial charge in [-0.15, -0.1) is 0 Å². The molecule has 1 aliphatic rings. The van der Waals surface area contributed by atoms with Gasteiger partial charge in [0.1, 0.15) is 5.75 Å². The summed E-state index contributed by atoms with van der Waals surface area (Å²) < 4.78 is 0. The topological polar surface area (TPSA) is 101 Å². The summed E-state index contributed by atoms with van der Waals surface area (Å²) in [7, 11) is 0. The number of carbonyl (C=O) groups is 3. The first-order chi connectivity index (χ1) is 8.49. The van der Waals surface area contributed by atoms with Crippen molar-refractivity contribution in [2.45, 2.75) is 6.54 Å². The van der Waals surface area contributed by atoms with E-state index in [1.165, 1.54) is 18.2 Å². The average molecular weight is 246 g/mol. The summed E-state index contributed by atoms with van der Waals surface area (Å²) in [6.07, 6.45) is 2.32. The molecule has 6 heteroatoms. The molecule has 2 rings (SSSR count). The van der Waals surface area contributed by atoms with Gasteiger partial charge >= 0.3 is 0 Å². The van der Waals surface area contributed by atoms with Gasteiger partial charge in [0.25, 0.3) is 11.8 Å². The molecule has 0 unspecified atom stereocenters. The minimum absolute atomic E-state index is 0.0524. The molecule has 92 valence electrons. The normalized spacial score (nSPS) is 14.3. The van der Waals surface area contributed by atoms with Gasteiger partial charge in [-0.25, -0.2) is 0 Å². The molecule has 0 spiro atoms. The second kappa shape index (κ2) is 4.33. The number of benzene rings is 1. The molecule has 1 aromatic rings. The van der Waals surface area contributed by atoms with Crippen molar-refractivity contribution in [1.29, 1.82) is 0 Å². The standard InChI is InChI=1S/C12H10N2O4/c13-12(18)9-5-8(15)2-1-7(9)6-14-10(16)3-4-11(14)17/h1-5,15H,6H2,(H2,13,18). The number of nitrogens with zero attached hydrogens (tertiary/aromatic N) is 1. The van der Waals surface area contributed by atoms with Gasteiger partial charge < -0.3 is 10.8 Å². The molecule has 0 saturated heterocycles. The zero-order valence-electron chi connectivity index (χ0n) is 9.29. The molecule has 0 bridgehead atoms. The fraction of sp³-hybridized carbons (Fsp3) is 0.0833. The Balaban J connectivity index is 2.32. The number of rotatable bonds is 3. The highest BCUT2D eigenvalue weighted by Crippen LogP contribution is 2.19. The van der Waals surface area contributed by atoms with Crippen LogP contribution < -0.4 is 5.73 Å². The first-order valence-electron chi connectivity index (χ1n) is 5.14. The van der Waals surface area contributed by atoms with Crippen molar-refractivity contribution in [1.82, 2.24) is 4.90 Å². The van der Waals surface area contributed by atoms with Crippen molar-refractivity contribution in [3.63, 3.8) is 0 Å². The Hall–Kier alpha value is -2.63. The minimum atomic E-state index is -0.729. The van der Waals surface area contributed by atoms with Gasteiger partial charge in [0.2, 0.25) is 5.91 Å². The molecule has 3 N–H and O–H groups in total. The molecule has 0 atom stereocenters. The zero-order valence-corrected chi connectivity index (χ0v) is 9.29. The van der Waals surface area contributed by atoms with Crippen LogP contribution in [0.15, 0.2) is 30.4 Å². The van der Waals surface area contributed by atoms with E-state index in [1.54, 1.807) is 0 Å². The zero-order chi connectivity index (χ0) is 13.3. The SMILES string of the molecule is NC(=O)c1cc(O)ccc1CN1C(=O)C=CC1=O. The summed E-state index contributed by atoms with van der Waals surface area (Å²) in [6.45, 7) is -0.0524. The number of nitrogens with two attached hydrogens (primary N) is 1. The Kier molecular flexibility index (Phi) is 2.85. The molecular weight excluding hydrogens is 236 g/mol. The number of hydrogen-bond acceptors (Lipinski definition) is 4. The van der Waals surface area contributed by atoms with Crippen LogP contribution in [0, 0.1) is 0 Å². The van der Waals surface area contributed by atoms with Gasteiger partial charge in [-0.05, 0) is 17.7 Å². The Bertz CT molecular complexity index is 559. The molecule has 0 radical (unpaired) electrons. The Morgan fingerprint density at radius 3 is 2.39 bits per heavy atom. The number of phenols is 1. The quantitative estimate of drug-likeness (QED) is 0.728. The van der Waals surface area contributed by atoms with E-state index in [-0.39, 0.29) is 17.9 Å². The molecule has 0 aliphatic carbocycles. The van der Waals surface area contributed by atoms with Crippen molar-refractivity contribution < 1.29 is 19.5 Å². The minimum Gasteiger partial charge on any atom is -0.508 e. The number of phenolic OH excluding ortho intramolecular Hbond substituents is 1. The van der Waals surface area contributed by atoms with Gasteiger partial charge in [-0.1, -0.05) is 6.07 Å². The van der Waals surface area contributed by atoms with E-state index in [2.05, 4.69) is 0 Å². The largest absolute Gasteiger partial charge is 0.508 e. The van der Waals surface area contributed by atoms with E-state index >= 15 is 0 Å². The predicted octanol–water partition coefficient (Wildman–Crippen LogP) is -0.0839. The monoisotopic (exact) mass is 246 g/mol. The van der Waals surface area contributed by atoms with Crippen LogP contribution in [0.25, 0.3) is 0 Å². The van der Waals surface area contributed by atoms with Gasteiger partial charge in [0, 0.05) is 17.7 Å². The molecule has 0 fully saturated rings. The lowest BCUT2D eigenvalue weighted by atomic mass is 10.1. The third kappa shape index (κ3) is 2.08. The summed E-state index contributed by atoms with van der Waals surface area (Å²) in [4.78, 5) is 35.0. The maximum absolute atomic E-state index is 11.4. The number of aromatic hydroxyl groups is 1. The van der Waals surface area contributed by atoms with Crippen LogP contribution in [0.2, 0.25) is 0 Å². The van der Waals surface area contributed by atoms with E-state index in [1.807, 2.05) is 0 Å². The highest BCUT2D eigenvalue weighted by atomic mass is 16.3. The molecule has 1 aliphatic heterocycles. The van der Waals surface area contributed by atoms with Crippen LogP contribution in [-0.4, -0.2) is 27.7 Å². The third-order valence-corrected chi connectivity index (χ3v) is 2.59. The summed E-state index contributed by atoms with van der Waals surface area (Å²) in [5, 5.41) is 9.28. The summed E-state index contributed by atoms with van der Waals surface area (Å²) >= 11 is 0. The molecule has 18 heavy (non-hydrogen) atoms. The number of carbonyl (C=O) groups excluding carboxylic acids is 3. The van der Waals surface area contributed by atoms with Crippen LogP contribution in [0.4, 0.5) is 0 Å². The smallest absolute Gasteiger partial charge is 0.253 e. The lowest BCUT2D eigenvalue weighted by Gasteiger charge is -2.15. The number of amides is 3. The summed E-state index contributed by atoms with van der Waals surface area (Å²) in [6, 6.07) is 4.02. The molecule has 1 heterocycles. The maximum Gasteiger partial charge on any atom is 0.253 e. The van der Waals surface area contributed by atoms with Crippen molar-refractivity contribution in [3.05, 3.63) is 41.5 Å². The van der Waals surface area contributed by atoms with E-state index in [4.69, 9.17) is 5.73 Å². The summed E-state index contributed by atoms with van der Waals surface area (Å²) in [5.41, 5.74) is 5.67. The Morgan fingerprint density at radius 1 is 1.22 bits per heavy atom. The molecular formula is C12H10N2O4. The van der Waals surface area contributed by atoms with E-state index in [9.17, 15) is 19.5 Å².